The number of ether oxygens (including phenoxy) is 1. The second-order valence-corrected chi connectivity index (χ2v) is 4.03. The van der Waals surface area contributed by atoms with Gasteiger partial charge in [-0.1, -0.05) is 0 Å². The van der Waals surface area contributed by atoms with Crippen LogP contribution in [0.2, 0.25) is 0 Å². The highest BCUT2D eigenvalue weighted by atomic mass is 32.1. The highest BCUT2D eigenvalue weighted by molar-refractivity contribution is 7.07. The van der Waals surface area contributed by atoms with Gasteiger partial charge in [-0.25, -0.2) is 4.98 Å². The van der Waals surface area contributed by atoms with Gasteiger partial charge in [-0.15, -0.1) is 11.3 Å². The van der Waals surface area contributed by atoms with Gasteiger partial charge in [-0.05, 0) is 6.42 Å². The predicted octanol–water partition coefficient (Wildman–Crippen LogP) is 1.00. The molecule has 76 valence electrons. The Labute approximate surface area is 86.5 Å². The van der Waals surface area contributed by atoms with Crippen molar-refractivity contribution in [3.8, 4) is 0 Å². The monoisotopic (exact) mass is 212 g/mol. The van der Waals surface area contributed by atoms with Crippen molar-refractivity contribution in [3.05, 3.63) is 16.6 Å². The van der Waals surface area contributed by atoms with Crippen molar-refractivity contribution < 1.29 is 9.53 Å². The fourth-order valence-electron chi connectivity index (χ4n) is 1.49. The first-order valence-electron chi connectivity index (χ1n) is 4.52. The Hall–Kier alpha value is -0.940. The summed E-state index contributed by atoms with van der Waals surface area (Å²) in [5.41, 5.74) is 2.20. The average Bonchev–Trinajstić information content (AvgIpc) is 2.87. The topological polar surface area (TPSA) is 42.4 Å². The number of amides is 1. The maximum Gasteiger partial charge on any atom is 0.273 e. The molecule has 1 aromatic rings. The van der Waals surface area contributed by atoms with Crippen LogP contribution in [0, 0.1) is 0 Å². The zero-order valence-corrected chi connectivity index (χ0v) is 8.79. The second-order valence-electron chi connectivity index (χ2n) is 3.31. The summed E-state index contributed by atoms with van der Waals surface area (Å²) < 4.78 is 5.23. The third-order valence-corrected chi connectivity index (χ3v) is 3.01. The summed E-state index contributed by atoms with van der Waals surface area (Å²) in [5, 5.41) is 1.77. The quantitative estimate of drug-likeness (QED) is 0.734. The summed E-state index contributed by atoms with van der Waals surface area (Å²) >= 11 is 1.44. The van der Waals surface area contributed by atoms with Crippen molar-refractivity contribution in [3.63, 3.8) is 0 Å². The Kier molecular flexibility index (Phi) is 2.79. The number of hydrogen-bond acceptors (Lipinski definition) is 4. The van der Waals surface area contributed by atoms with Gasteiger partial charge in [0.2, 0.25) is 0 Å². The van der Waals surface area contributed by atoms with E-state index in [-0.39, 0.29) is 11.9 Å². The molecule has 1 saturated heterocycles. The summed E-state index contributed by atoms with van der Waals surface area (Å²) in [6, 6.07) is 0.212. The maximum atomic E-state index is 11.8. The van der Waals surface area contributed by atoms with Crippen molar-refractivity contribution in [2.75, 3.05) is 20.3 Å². The van der Waals surface area contributed by atoms with Crippen LogP contribution >= 0.6 is 11.3 Å². The summed E-state index contributed by atoms with van der Waals surface area (Å²) in [6.45, 7) is 1.39. The first-order chi connectivity index (χ1) is 6.79. The molecule has 1 aromatic heterocycles. The number of nitrogens with zero attached hydrogens (tertiary/aromatic N) is 2. The number of aromatic nitrogens is 1. The lowest BCUT2D eigenvalue weighted by molar-refractivity contribution is 0.0706. The van der Waals surface area contributed by atoms with Crippen LogP contribution in [-0.4, -0.2) is 42.1 Å². The minimum absolute atomic E-state index is 0.0123. The van der Waals surface area contributed by atoms with E-state index in [0.717, 1.165) is 13.0 Å². The molecule has 2 rings (SSSR count). The van der Waals surface area contributed by atoms with Crippen LogP contribution in [0.3, 0.4) is 0 Å². The summed E-state index contributed by atoms with van der Waals surface area (Å²) in [7, 11) is 1.81. The lowest BCUT2D eigenvalue weighted by Crippen LogP contribution is -2.37. The van der Waals surface area contributed by atoms with E-state index >= 15 is 0 Å². The molecule has 1 aliphatic rings. The molecule has 0 N–H and O–H groups in total. The predicted molar refractivity (Wildman–Crippen MR) is 53.4 cm³/mol. The molecule has 0 aromatic carbocycles. The van der Waals surface area contributed by atoms with Gasteiger partial charge in [0.15, 0.2) is 0 Å². The van der Waals surface area contributed by atoms with Gasteiger partial charge in [0.05, 0.1) is 18.2 Å². The van der Waals surface area contributed by atoms with E-state index in [2.05, 4.69) is 4.98 Å². The molecule has 1 aliphatic heterocycles. The Morgan fingerprint density at radius 2 is 2.64 bits per heavy atom. The van der Waals surface area contributed by atoms with Crippen LogP contribution < -0.4 is 0 Å². The maximum absolute atomic E-state index is 11.8. The fraction of sp³-hybridized carbons (Fsp3) is 0.556. The van der Waals surface area contributed by atoms with Gasteiger partial charge in [0.25, 0.3) is 5.91 Å². The Bertz CT molecular complexity index is 307. The van der Waals surface area contributed by atoms with E-state index < -0.39 is 0 Å². The van der Waals surface area contributed by atoms with Crippen molar-refractivity contribution in [2.45, 2.75) is 12.5 Å². The molecule has 0 saturated carbocycles. The molecule has 1 unspecified atom stereocenters. The van der Waals surface area contributed by atoms with Gasteiger partial charge in [-0.3, -0.25) is 4.79 Å². The van der Waals surface area contributed by atoms with Gasteiger partial charge >= 0.3 is 0 Å². The van der Waals surface area contributed by atoms with Crippen molar-refractivity contribution in [2.24, 2.45) is 0 Å². The molecule has 5 heteroatoms. The number of carbonyl (C=O) groups is 1. The summed E-state index contributed by atoms with van der Waals surface area (Å²) in [4.78, 5) is 17.5. The van der Waals surface area contributed by atoms with E-state index in [1.165, 1.54) is 11.3 Å². The van der Waals surface area contributed by atoms with Crippen LogP contribution in [0.15, 0.2) is 10.9 Å². The largest absolute Gasteiger partial charge is 0.379 e. The zero-order valence-electron chi connectivity index (χ0n) is 7.97. The number of rotatable bonds is 2. The first kappa shape index (κ1) is 9.61. The molecule has 1 atom stereocenters. The molecule has 0 aliphatic carbocycles. The van der Waals surface area contributed by atoms with Crippen LogP contribution in [-0.2, 0) is 4.74 Å². The summed E-state index contributed by atoms with van der Waals surface area (Å²) in [6.07, 6.45) is 0.923. The summed E-state index contributed by atoms with van der Waals surface area (Å²) in [5.74, 6) is -0.0123. The van der Waals surface area contributed by atoms with Crippen LogP contribution in [0.5, 0.6) is 0 Å². The normalized spacial score (nSPS) is 21.1. The molecule has 0 spiro atoms. The molecule has 1 fully saturated rings. The van der Waals surface area contributed by atoms with Crippen LogP contribution in [0.4, 0.5) is 0 Å². The number of carbonyl (C=O) groups excluding carboxylic acids is 1. The van der Waals surface area contributed by atoms with Crippen molar-refractivity contribution in [1.82, 2.24) is 9.88 Å². The molecule has 14 heavy (non-hydrogen) atoms. The van der Waals surface area contributed by atoms with Crippen LogP contribution in [0.1, 0.15) is 16.9 Å². The van der Waals surface area contributed by atoms with E-state index in [1.807, 2.05) is 0 Å². The smallest absolute Gasteiger partial charge is 0.273 e. The first-order valence-corrected chi connectivity index (χ1v) is 5.46. The average molecular weight is 212 g/mol. The molecule has 4 nitrogen and oxygen atoms in total. The minimum Gasteiger partial charge on any atom is -0.379 e. The molecular formula is C9H12N2O2S. The van der Waals surface area contributed by atoms with Crippen molar-refractivity contribution in [1.29, 1.82) is 0 Å². The Balaban J connectivity index is 2.04. The van der Waals surface area contributed by atoms with E-state index in [9.17, 15) is 4.79 Å². The number of hydrogen-bond donors (Lipinski definition) is 0. The third kappa shape index (κ3) is 1.78. The lowest BCUT2D eigenvalue weighted by Gasteiger charge is -2.21. The molecule has 0 radical (unpaired) electrons. The molecule has 1 amide bonds. The lowest BCUT2D eigenvalue weighted by atomic mass is 10.2. The fourth-order valence-corrected chi connectivity index (χ4v) is 2.02. The highest BCUT2D eigenvalue weighted by Crippen LogP contribution is 2.13. The third-order valence-electron chi connectivity index (χ3n) is 2.43. The van der Waals surface area contributed by atoms with Gasteiger partial charge in [0, 0.05) is 19.0 Å². The molecular weight excluding hydrogens is 200 g/mol. The standard InChI is InChI=1S/C9H12N2O2S/c1-11(7-2-3-13-4-7)9(12)8-5-14-6-10-8/h5-7H,2-4H2,1H3. The van der Waals surface area contributed by atoms with E-state index in [1.54, 1.807) is 22.8 Å². The highest BCUT2D eigenvalue weighted by Gasteiger charge is 2.25. The van der Waals surface area contributed by atoms with Crippen LogP contribution in [0.25, 0.3) is 0 Å². The Morgan fingerprint density at radius 1 is 1.79 bits per heavy atom. The van der Waals surface area contributed by atoms with E-state index in [0.29, 0.717) is 12.3 Å². The van der Waals surface area contributed by atoms with E-state index in [4.69, 9.17) is 4.74 Å². The Morgan fingerprint density at radius 3 is 3.21 bits per heavy atom. The van der Waals surface area contributed by atoms with Gasteiger partial charge in [0.1, 0.15) is 5.69 Å². The van der Waals surface area contributed by atoms with Gasteiger partial charge in [-0.2, -0.15) is 0 Å². The minimum atomic E-state index is -0.0123. The SMILES string of the molecule is CN(C(=O)c1cscn1)C1CCOC1. The molecule has 0 bridgehead atoms. The second kappa shape index (κ2) is 4.06. The number of thiazole rings is 1. The van der Waals surface area contributed by atoms with Crippen molar-refractivity contribution >= 4 is 17.2 Å². The number of likely N-dealkylation sites (N-methyl/N-ethyl adjacent to an activating group) is 1. The molecule has 2 heterocycles. The van der Waals surface area contributed by atoms with Gasteiger partial charge < -0.3 is 9.64 Å². The zero-order chi connectivity index (χ0) is 9.97.